The van der Waals surface area contributed by atoms with Gasteiger partial charge in [0.15, 0.2) is 0 Å². The van der Waals surface area contributed by atoms with Gasteiger partial charge in [-0.25, -0.2) is 8.42 Å². The van der Waals surface area contributed by atoms with Crippen LogP contribution in [-0.4, -0.2) is 43.5 Å². The molecule has 1 aromatic heterocycles. The summed E-state index contributed by atoms with van der Waals surface area (Å²) in [5.74, 6) is 0.755. The van der Waals surface area contributed by atoms with Gasteiger partial charge in [0.1, 0.15) is 4.21 Å². The Morgan fingerprint density at radius 1 is 1.18 bits per heavy atom. The van der Waals surface area contributed by atoms with Gasteiger partial charge in [-0.1, -0.05) is 30.7 Å². The molecule has 1 aliphatic heterocycles. The minimum absolute atomic E-state index is 0.0203. The molecule has 1 unspecified atom stereocenters. The lowest BCUT2D eigenvalue weighted by Crippen LogP contribution is -2.44. The van der Waals surface area contributed by atoms with Gasteiger partial charge in [-0.15, -0.1) is 23.1 Å². The van der Waals surface area contributed by atoms with Gasteiger partial charge in [-0.3, -0.25) is 4.79 Å². The van der Waals surface area contributed by atoms with Gasteiger partial charge in [0.2, 0.25) is 5.91 Å². The normalized spacial score (nSPS) is 18.1. The highest BCUT2D eigenvalue weighted by atomic mass is 32.2. The lowest BCUT2D eigenvalue weighted by atomic mass is 10.0. The lowest BCUT2D eigenvalue weighted by molar-refractivity contribution is -0.120. The second kappa shape index (κ2) is 10.4. The first-order valence-electron chi connectivity index (χ1n) is 9.57. The number of piperidine rings is 1. The first-order chi connectivity index (χ1) is 13.6. The number of rotatable bonds is 9. The van der Waals surface area contributed by atoms with Crippen LogP contribution in [0.4, 0.5) is 0 Å². The van der Waals surface area contributed by atoms with E-state index in [1.807, 2.05) is 30.3 Å². The fraction of sp³-hybridized carbons (Fsp3) is 0.450. The predicted octanol–water partition coefficient (Wildman–Crippen LogP) is 3.98. The third-order valence-electron chi connectivity index (χ3n) is 4.77. The van der Waals surface area contributed by atoms with Crippen molar-refractivity contribution < 1.29 is 13.2 Å². The molecule has 0 aliphatic carbocycles. The van der Waals surface area contributed by atoms with Gasteiger partial charge in [-0.2, -0.15) is 4.31 Å². The summed E-state index contributed by atoms with van der Waals surface area (Å²) in [6.07, 6.45) is 3.89. The molecule has 0 radical (unpaired) electrons. The third kappa shape index (κ3) is 5.83. The van der Waals surface area contributed by atoms with E-state index >= 15 is 0 Å². The molecule has 1 amide bonds. The molecule has 1 saturated heterocycles. The minimum atomic E-state index is -3.43. The molecule has 1 atom stereocenters. The number of hydrogen-bond acceptors (Lipinski definition) is 5. The van der Waals surface area contributed by atoms with E-state index < -0.39 is 10.0 Å². The number of amides is 1. The zero-order valence-corrected chi connectivity index (χ0v) is 18.2. The monoisotopic (exact) mass is 438 g/mol. The van der Waals surface area contributed by atoms with E-state index in [2.05, 4.69) is 5.32 Å². The zero-order chi connectivity index (χ0) is 19.8. The van der Waals surface area contributed by atoms with E-state index in [-0.39, 0.29) is 11.9 Å². The number of carbonyl (C=O) groups excluding carboxylic acids is 1. The fourth-order valence-corrected chi connectivity index (χ4v) is 7.07. The van der Waals surface area contributed by atoms with Crippen LogP contribution in [0.2, 0.25) is 0 Å². The molecule has 1 aromatic carbocycles. The van der Waals surface area contributed by atoms with Crippen molar-refractivity contribution in [3.05, 3.63) is 47.8 Å². The van der Waals surface area contributed by atoms with Gasteiger partial charge < -0.3 is 5.32 Å². The highest BCUT2D eigenvalue weighted by Crippen LogP contribution is 2.29. The van der Waals surface area contributed by atoms with Crippen LogP contribution < -0.4 is 5.32 Å². The van der Waals surface area contributed by atoms with E-state index in [1.165, 1.54) is 11.3 Å². The maximum atomic E-state index is 12.9. The average Bonchev–Trinajstić information content (AvgIpc) is 3.25. The summed E-state index contributed by atoms with van der Waals surface area (Å²) in [5.41, 5.74) is 0. The molecule has 8 heteroatoms. The zero-order valence-electron chi connectivity index (χ0n) is 15.7. The molecule has 0 spiro atoms. The van der Waals surface area contributed by atoms with Crippen molar-refractivity contribution in [1.82, 2.24) is 9.62 Å². The fourth-order valence-electron chi connectivity index (χ4n) is 3.35. The maximum Gasteiger partial charge on any atom is 0.252 e. The lowest BCUT2D eigenvalue weighted by Gasteiger charge is -2.34. The predicted molar refractivity (Wildman–Crippen MR) is 115 cm³/mol. The van der Waals surface area contributed by atoms with Gasteiger partial charge >= 0.3 is 0 Å². The molecule has 0 saturated carbocycles. The summed E-state index contributed by atoms with van der Waals surface area (Å²) in [6, 6.07) is 13.4. The van der Waals surface area contributed by atoms with Crippen molar-refractivity contribution in [3.8, 4) is 0 Å². The van der Waals surface area contributed by atoms with Crippen molar-refractivity contribution >= 4 is 39.0 Å². The molecule has 28 heavy (non-hydrogen) atoms. The summed E-state index contributed by atoms with van der Waals surface area (Å²) >= 11 is 2.93. The average molecular weight is 439 g/mol. The number of nitrogens with one attached hydrogen (secondary N) is 1. The van der Waals surface area contributed by atoms with Crippen molar-refractivity contribution in [1.29, 1.82) is 0 Å². The van der Waals surface area contributed by atoms with Crippen LogP contribution in [0.5, 0.6) is 0 Å². The van der Waals surface area contributed by atoms with Crippen molar-refractivity contribution in [2.75, 3.05) is 18.8 Å². The number of carbonyl (C=O) groups is 1. The summed E-state index contributed by atoms with van der Waals surface area (Å²) in [4.78, 5) is 13.2. The number of thioether (sulfide) groups is 1. The smallest absolute Gasteiger partial charge is 0.252 e. The van der Waals surface area contributed by atoms with Crippen LogP contribution in [0.15, 0.2) is 56.9 Å². The highest BCUT2D eigenvalue weighted by Gasteiger charge is 2.33. The second-order valence-electron chi connectivity index (χ2n) is 6.75. The molecule has 152 valence electrons. The topological polar surface area (TPSA) is 66.5 Å². The van der Waals surface area contributed by atoms with Crippen LogP contribution >= 0.6 is 23.1 Å². The quantitative estimate of drug-likeness (QED) is 0.602. The molecule has 0 bridgehead atoms. The number of sulfonamides is 1. The van der Waals surface area contributed by atoms with E-state index in [9.17, 15) is 13.2 Å². The first-order valence-corrected chi connectivity index (χ1v) is 12.9. The largest absolute Gasteiger partial charge is 0.356 e. The van der Waals surface area contributed by atoms with Crippen LogP contribution in [0.3, 0.4) is 0 Å². The molecular formula is C20H26N2O3S3. The van der Waals surface area contributed by atoms with E-state index in [4.69, 9.17) is 0 Å². The van der Waals surface area contributed by atoms with Gasteiger partial charge in [-0.05, 0) is 42.8 Å². The van der Waals surface area contributed by atoms with Gasteiger partial charge in [0.05, 0.1) is 0 Å². The summed E-state index contributed by atoms with van der Waals surface area (Å²) < 4.78 is 27.8. The van der Waals surface area contributed by atoms with Crippen LogP contribution in [0, 0.1) is 0 Å². The van der Waals surface area contributed by atoms with Crippen molar-refractivity contribution in [2.24, 2.45) is 0 Å². The van der Waals surface area contributed by atoms with Gasteiger partial charge in [0, 0.05) is 36.2 Å². The molecule has 5 nitrogen and oxygen atoms in total. The van der Waals surface area contributed by atoms with Crippen LogP contribution in [-0.2, 0) is 14.8 Å². The summed E-state index contributed by atoms with van der Waals surface area (Å²) in [7, 11) is -3.43. The summed E-state index contributed by atoms with van der Waals surface area (Å²) in [6.45, 7) is 1.07. The first kappa shape index (κ1) is 21.4. The Balaban J connectivity index is 1.44. The molecule has 2 aromatic rings. The Morgan fingerprint density at radius 3 is 2.75 bits per heavy atom. The molecule has 1 fully saturated rings. The van der Waals surface area contributed by atoms with Crippen LogP contribution in [0.1, 0.15) is 32.1 Å². The van der Waals surface area contributed by atoms with Crippen molar-refractivity contribution in [3.63, 3.8) is 0 Å². The molecule has 3 rings (SSSR count). The molecular weight excluding hydrogens is 412 g/mol. The van der Waals surface area contributed by atoms with E-state index in [0.29, 0.717) is 30.1 Å². The Hall–Kier alpha value is -1.35. The molecule has 2 heterocycles. The van der Waals surface area contributed by atoms with E-state index in [1.54, 1.807) is 33.6 Å². The SMILES string of the molecule is O=C(CCSc1ccccc1)NCCC1CCCCN1S(=O)(=O)c1cccs1. The summed E-state index contributed by atoms with van der Waals surface area (Å²) in [5, 5.41) is 4.74. The second-order valence-corrected chi connectivity index (χ2v) is 11.0. The van der Waals surface area contributed by atoms with Gasteiger partial charge in [0.25, 0.3) is 10.0 Å². The molecule has 1 N–H and O–H groups in total. The maximum absolute atomic E-state index is 12.9. The number of thiophene rings is 1. The third-order valence-corrected chi connectivity index (χ3v) is 9.11. The number of nitrogens with zero attached hydrogens (tertiary/aromatic N) is 1. The highest BCUT2D eigenvalue weighted by molar-refractivity contribution is 7.99. The Labute approximate surface area is 175 Å². The number of benzene rings is 1. The minimum Gasteiger partial charge on any atom is -0.356 e. The van der Waals surface area contributed by atoms with Crippen molar-refractivity contribution in [2.45, 2.75) is 47.3 Å². The Morgan fingerprint density at radius 2 is 2.00 bits per heavy atom. The van der Waals surface area contributed by atoms with Crippen LogP contribution in [0.25, 0.3) is 0 Å². The molecule has 1 aliphatic rings. The number of hydrogen-bond donors (Lipinski definition) is 1. The van der Waals surface area contributed by atoms with E-state index in [0.717, 1.165) is 29.9 Å². The standard InChI is InChI=1S/C20H26N2O3S3/c23-19(12-16-26-18-8-2-1-3-9-18)21-13-11-17-7-4-5-14-22(17)28(24,25)20-10-6-15-27-20/h1-3,6,8-10,15,17H,4-5,7,11-14,16H2,(H,21,23). The Kier molecular flexibility index (Phi) is 7.96. The Bertz CT molecular complexity index is 839.